The van der Waals surface area contributed by atoms with E-state index in [-0.39, 0.29) is 17.9 Å². The first-order valence-corrected chi connectivity index (χ1v) is 21.5. The van der Waals surface area contributed by atoms with Gasteiger partial charge in [0.05, 0.1) is 18.6 Å². The van der Waals surface area contributed by atoms with Crippen LogP contribution in [0.5, 0.6) is 80.5 Å². The van der Waals surface area contributed by atoms with Crippen LogP contribution >= 0.6 is 0 Å². The zero-order chi connectivity index (χ0) is 62.6. The van der Waals surface area contributed by atoms with Crippen molar-refractivity contribution in [2.45, 2.75) is 96.6 Å². The number of ether oxygens (including phenoxy) is 3. The monoisotopic (exact) mass is 1180 g/mol. The second-order valence-corrected chi connectivity index (χ2v) is 17.8. The molecule has 0 aliphatic carbocycles. The normalized spacial score (nSPS) is 19.2. The fourth-order valence-corrected chi connectivity index (χ4v) is 8.13. The van der Waals surface area contributed by atoms with E-state index in [2.05, 4.69) is 10.1 Å². The summed E-state index contributed by atoms with van der Waals surface area (Å²) in [4.78, 5) is 42.1. The fraction of sp³-hybridized carbons (Fsp3) is 0.462. The zero-order valence-corrected chi connectivity index (χ0v) is 39.5. The Bertz CT molecular complexity index is 2880. The number of phenols is 13. The van der Waals surface area contributed by atoms with Gasteiger partial charge in [-0.2, -0.15) is 0 Å². The van der Waals surface area contributed by atoms with Gasteiger partial charge in [0.1, 0.15) is 22.3 Å². The standard InChI is InChI=1S/C39H49N3O39/c43-7(4-6(33(61,62)9-13(45)20(52)24(56)21(53)14(9)46)41-28(58)32(42-3-1-2-40-30(42)59)29(81-32)79-27(37(71,72)73)38(74,75)76)31(60,34(63,64)10-15(47)22(54)25(57)23(55)16(10)48)5-8(44)39(77,78)80-26-11(35(65,66)67)17(49)19(51)18(50)12(26)36(68,69)70/h6-7,27,29,43,45-57,60-78H,1-5H2,(H,40,59)(H,41,58). The Labute approximate surface area is 442 Å². The van der Waals surface area contributed by atoms with Crippen LogP contribution in [0.25, 0.3) is 0 Å². The van der Waals surface area contributed by atoms with Crippen molar-refractivity contribution in [2.75, 3.05) is 13.1 Å². The van der Waals surface area contributed by atoms with Crippen molar-refractivity contribution in [1.82, 2.24) is 15.5 Å². The van der Waals surface area contributed by atoms with Gasteiger partial charge in [-0.25, -0.2) is 4.79 Å². The maximum Gasteiger partial charge on any atom is 0.386 e. The molecule has 0 saturated carbocycles. The van der Waals surface area contributed by atoms with Crippen LogP contribution in [-0.4, -0.2) is 258 Å². The van der Waals surface area contributed by atoms with Crippen LogP contribution in [0.15, 0.2) is 0 Å². The predicted molar refractivity (Wildman–Crippen MR) is 231 cm³/mol. The van der Waals surface area contributed by atoms with Gasteiger partial charge in [-0.1, -0.05) is 0 Å². The van der Waals surface area contributed by atoms with Crippen LogP contribution in [0.1, 0.15) is 41.5 Å². The highest BCUT2D eigenvalue weighted by atomic mass is 16.8. The lowest BCUT2D eigenvalue weighted by Crippen LogP contribution is -2.66. The van der Waals surface area contributed by atoms with Gasteiger partial charge in [0, 0.05) is 19.5 Å². The third kappa shape index (κ3) is 10.9. The Morgan fingerprint density at radius 2 is 0.975 bits per heavy atom. The predicted octanol–water partition coefficient (Wildman–Crippen LogP) is -13.2. The van der Waals surface area contributed by atoms with Gasteiger partial charge in [0.15, 0.2) is 45.8 Å². The van der Waals surface area contributed by atoms with E-state index in [1.807, 2.05) is 0 Å². The third-order valence-electron chi connectivity index (χ3n) is 12.3. The molecule has 3 amide bonds. The summed E-state index contributed by atoms with van der Waals surface area (Å²) in [5, 5.41) is 350. The van der Waals surface area contributed by atoms with Crippen LogP contribution in [0.2, 0.25) is 0 Å². The maximum absolute atomic E-state index is 14.6. The van der Waals surface area contributed by atoms with E-state index < -0.39 is 217 Å². The lowest BCUT2D eigenvalue weighted by atomic mass is 9.75. The molecular formula is C39H49N3O39. The molecule has 5 rings (SSSR count). The summed E-state index contributed by atoms with van der Waals surface area (Å²) in [6, 6.07) is -5.06. The number of rotatable bonds is 21. The molecule has 42 nitrogen and oxygen atoms in total. The quantitative estimate of drug-likeness (QED) is 0.0204. The highest BCUT2D eigenvalue weighted by Crippen LogP contribution is 2.59. The molecule has 35 N–H and O–H groups in total. The number of amides is 3. The first kappa shape index (κ1) is 64.2. The van der Waals surface area contributed by atoms with Crippen molar-refractivity contribution in [2.24, 2.45) is 0 Å². The van der Waals surface area contributed by atoms with Crippen LogP contribution in [0.3, 0.4) is 0 Å². The number of carbonyl (C=O) groups is 3. The number of Topliss-reactive ketones (excluding diaryl/α,β-unsaturated/α-hetero) is 1. The molecule has 0 spiro atoms. The minimum atomic E-state index is -5.33. The number of hydrogen-bond acceptors (Lipinski definition) is 39. The fourth-order valence-electron chi connectivity index (χ4n) is 8.13. The molecule has 3 aromatic carbocycles. The van der Waals surface area contributed by atoms with Gasteiger partial charge in [-0.05, 0) is 6.42 Å². The van der Waals surface area contributed by atoms with E-state index in [1.165, 1.54) is 5.32 Å². The molecule has 2 saturated heterocycles. The number of aromatic hydroxyl groups is 13. The first-order chi connectivity index (χ1) is 36.4. The second-order valence-electron chi connectivity index (χ2n) is 17.8. The van der Waals surface area contributed by atoms with Crippen molar-refractivity contribution < 1.29 is 197 Å². The average molecular weight is 1180 g/mol. The summed E-state index contributed by atoms with van der Waals surface area (Å²) in [6.45, 7) is -1.02. The third-order valence-corrected chi connectivity index (χ3v) is 12.3. The number of aliphatic hydroxyl groups is 20. The largest absolute Gasteiger partial charge is 0.504 e. The van der Waals surface area contributed by atoms with Crippen molar-refractivity contribution in [3.63, 3.8) is 0 Å². The van der Waals surface area contributed by atoms with Gasteiger partial charge in [-0.3, -0.25) is 14.5 Å². The number of phenolic OH excluding ortho intramolecular Hbond substituents is 13. The Morgan fingerprint density at radius 3 is 1.37 bits per heavy atom. The number of carbonyl (C=O) groups excluding carboxylic acids is 3. The molecule has 81 heavy (non-hydrogen) atoms. The Hall–Kier alpha value is -7.61. The maximum atomic E-state index is 14.6. The van der Waals surface area contributed by atoms with Crippen LogP contribution < -0.4 is 15.4 Å². The van der Waals surface area contributed by atoms with Crippen molar-refractivity contribution in [3.8, 4) is 80.5 Å². The van der Waals surface area contributed by atoms with Gasteiger partial charge in [0.25, 0.3) is 11.6 Å². The summed E-state index contributed by atoms with van der Waals surface area (Å²) in [5.41, 5.74) is -18.1. The molecule has 2 aliphatic rings. The number of benzene rings is 3. The molecule has 454 valence electrons. The summed E-state index contributed by atoms with van der Waals surface area (Å²) in [5.74, 6) is -70.4. The second kappa shape index (κ2) is 20.4. The first-order valence-electron chi connectivity index (χ1n) is 21.5. The molecule has 3 aromatic rings. The van der Waals surface area contributed by atoms with Gasteiger partial charge < -0.3 is 193 Å². The molecule has 42 heteroatoms. The number of urea groups is 1. The number of aliphatic hydroxyl groups excluding tert-OH is 1. The smallest absolute Gasteiger partial charge is 0.386 e. The summed E-state index contributed by atoms with van der Waals surface area (Å²) < 4.78 is 14.2. The number of ketones is 1. The number of hydrogen-bond donors (Lipinski definition) is 35. The summed E-state index contributed by atoms with van der Waals surface area (Å²) in [6.07, 6.45) is -16.3. The summed E-state index contributed by atoms with van der Waals surface area (Å²) >= 11 is 0. The van der Waals surface area contributed by atoms with E-state index in [9.17, 15) is 183 Å². The Morgan fingerprint density at radius 1 is 0.593 bits per heavy atom. The van der Waals surface area contributed by atoms with E-state index in [0.717, 1.165) is 0 Å². The molecule has 0 aromatic heterocycles. The molecule has 5 unspecified atom stereocenters. The SMILES string of the molecule is O=C1NCCCN1C1(C(=O)NC(CC(O)C(O)(CC(=O)C(O)(O)Oc2c(C(O)(O)O)c(O)c(O)c(O)c2C(O)(O)O)C(O)(O)c2c(O)c(O)c(O)c(O)c2O)C(O)(O)c2c(O)c(O)c(O)c(O)c2O)OC1OC(C(O)(O)O)C(O)(O)O. The van der Waals surface area contributed by atoms with E-state index in [4.69, 9.17) is 9.47 Å². The molecule has 0 radical (unpaired) electrons. The molecule has 2 heterocycles. The highest BCUT2D eigenvalue weighted by Gasteiger charge is 2.73. The molecule has 0 bridgehead atoms. The minimum absolute atomic E-state index is 0.193. The molecular weight excluding hydrogens is 1130 g/mol. The summed E-state index contributed by atoms with van der Waals surface area (Å²) in [7, 11) is 0. The number of nitrogens with zero attached hydrogens (tertiary/aromatic N) is 1. The minimum Gasteiger partial charge on any atom is -0.504 e. The van der Waals surface area contributed by atoms with E-state index in [1.54, 1.807) is 0 Å². The Balaban J connectivity index is 1.81. The van der Waals surface area contributed by atoms with E-state index in [0.29, 0.717) is 0 Å². The molecule has 2 fully saturated rings. The van der Waals surface area contributed by atoms with Crippen molar-refractivity contribution >= 4 is 17.7 Å². The molecule has 5 atom stereocenters. The lowest BCUT2D eigenvalue weighted by Gasteiger charge is -2.45. The van der Waals surface area contributed by atoms with Gasteiger partial charge in [-0.15, -0.1) is 0 Å². The average Bonchev–Trinajstić information content (AvgIpc) is 4.05. The zero-order valence-electron chi connectivity index (χ0n) is 39.5. The van der Waals surface area contributed by atoms with Crippen LogP contribution in [0, 0.1) is 0 Å². The highest BCUT2D eigenvalue weighted by molar-refractivity contribution is 5.93. The van der Waals surface area contributed by atoms with Gasteiger partial charge in [0.2, 0.25) is 70.0 Å². The van der Waals surface area contributed by atoms with Crippen LogP contribution in [-0.2, 0) is 42.6 Å². The number of nitrogens with one attached hydrogen (secondary N) is 2. The Kier molecular flexibility index (Phi) is 16.2. The number of epoxide rings is 1. The lowest BCUT2D eigenvalue weighted by molar-refractivity contribution is -0.461. The molecule has 2 aliphatic heterocycles. The van der Waals surface area contributed by atoms with Crippen molar-refractivity contribution in [3.05, 3.63) is 22.3 Å². The van der Waals surface area contributed by atoms with Gasteiger partial charge >= 0.3 is 35.9 Å². The van der Waals surface area contributed by atoms with E-state index >= 15 is 0 Å². The van der Waals surface area contributed by atoms with Crippen LogP contribution in [0.4, 0.5) is 4.79 Å². The van der Waals surface area contributed by atoms with Crippen molar-refractivity contribution in [1.29, 1.82) is 0 Å². The topological polar surface area (TPSA) is 777 Å².